The number of methoxy groups -OCH3 is 1. The predicted octanol–water partition coefficient (Wildman–Crippen LogP) is 2.36. The van der Waals surface area contributed by atoms with E-state index in [9.17, 15) is 4.79 Å². The van der Waals surface area contributed by atoms with E-state index in [1.54, 1.807) is 7.11 Å². The van der Waals surface area contributed by atoms with Crippen LogP contribution in [0.4, 0.5) is 5.69 Å². The van der Waals surface area contributed by atoms with Gasteiger partial charge in [0.2, 0.25) is 5.91 Å². The number of nitrogens with one attached hydrogen (secondary N) is 1. The number of hydrogen-bond donors (Lipinski definition) is 1. The maximum atomic E-state index is 12.5. The van der Waals surface area contributed by atoms with Crippen molar-refractivity contribution in [2.75, 3.05) is 25.1 Å². The van der Waals surface area contributed by atoms with Gasteiger partial charge in [-0.15, -0.1) is 0 Å². The van der Waals surface area contributed by atoms with Crippen LogP contribution in [0.15, 0.2) is 18.2 Å². The van der Waals surface area contributed by atoms with E-state index in [2.05, 4.69) is 25.2 Å². The van der Waals surface area contributed by atoms with Crippen molar-refractivity contribution in [2.45, 2.75) is 39.2 Å². The number of rotatable bonds is 5. The molecule has 1 aromatic carbocycles. The van der Waals surface area contributed by atoms with Crippen molar-refractivity contribution in [2.24, 2.45) is 0 Å². The average molecular weight is 276 g/mol. The fraction of sp³-hybridized carbons (Fsp3) is 0.562. The molecule has 0 aliphatic carbocycles. The number of hydrogen-bond acceptors (Lipinski definition) is 3. The molecule has 0 radical (unpaired) electrons. The summed E-state index contributed by atoms with van der Waals surface area (Å²) in [6.07, 6.45) is 2.55. The van der Waals surface area contributed by atoms with Gasteiger partial charge in [-0.1, -0.05) is 19.1 Å². The maximum Gasteiger partial charge on any atom is 0.228 e. The number of para-hydroxylation sites is 1. The third kappa shape index (κ3) is 3.12. The summed E-state index contributed by atoms with van der Waals surface area (Å²) in [6, 6.07) is 6.21. The van der Waals surface area contributed by atoms with Crippen LogP contribution in [0.25, 0.3) is 0 Å². The van der Waals surface area contributed by atoms with Crippen LogP contribution in [0.3, 0.4) is 0 Å². The van der Waals surface area contributed by atoms with Gasteiger partial charge in [0.05, 0.1) is 12.8 Å². The lowest BCUT2D eigenvalue weighted by molar-refractivity contribution is -0.119. The second-order valence-corrected chi connectivity index (χ2v) is 5.28. The van der Waals surface area contributed by atoms with E-state index in [0.29, 0.717) is 6.42 Å². The Morgan fingerprint density at radius 2 is 2.30 bits per heavy atom. The molecular weight excluding hydrogens is 252 g/mol. The van der Waals surface area contributed by atoms with Crippen LogP contribution in [0.1, 0.15) is 32.3 Å². The Hall–Kier alpha value is -1.55. The Morgan fingerprint density at radius 1 is 1.50 bits per heavy atom. The molecular formula is C16H24N2O2. The minimum Gasteiger partial charge on any atom is -0.495 e. The van der Waals surface area contributed by atoms with E-state index in [0.717, 1.165) is 37.4 Å². The SMILES string of the molecule is CCNC(C)CC(=O)N1CCCc2cccc(OC)c21. The maximum absolute atomic E-state index is 12.5. The molecule has 2 rings (SSSR count). The fourth-order valence-electron chi connectivity index (χ4n) is 2.82. The summed E-state index contributed by atoms with van der Waals surface area (Å²) in [7, 11) is 1.66. The Kier molecular flexibility index (Phi) is 5.01. The van der Waals surface area contributed by atoms with Gasteiger partial charge in [-0.05, 0) is 37.9 Å². The highest BCUT2D eigenvalue weighted by atomic mass is 16.5. The molecule has 1 aromatic rings. The zero-order valence-corrected chi connectivity index (χ0v) is 12.6. The Labute approximate surface area is 121 Å². The average Bonchev–Trinajstić information content (AvgIpc) is 2.46. The van der Waals surface area contributed by atoms with Gasteiger partial charge in [0, 0.05) is 19.0 Å². The van der Waals surface area contributed by atoms with Gasteiger partial charge < -0.3 is 15.0 Å². The summed E-state index contributed by atoms with van der Waals surface area (Å²) in [4.78, 5) is 14.4. The Bertz CT molecular complexity index is 459. The van der Waals surface area contributed by atoms with E-state index >= 15 is 0 Å². The molecule has 1 amide bonds. The summed E-state index contributed by atoms with van der Waals surface area (Å²) in [5.74, 6) is 0.968. The molecule has 0 saturated heterocycles. The second kappa shape index (κ2) is 6.75. The second-order valence-electron chi connectivity index (χ2n) is 5.28. The molecule has 1 atom stereocenters. The molecule has 0 spiro atoms. The first-order chi connectivity index (χ1) is 9.67. The van der Waals surface area contributed by atoms with E-state index in [1.165, 1.54) is 5.56 Å². The summed E-state index contributed by atoms with van der Waals surface area (Å²) in [5.41, 5.74) is 2.18. The molecule has 1 aliphatic rings. The van der Waals surface area contributed by atoms with Crippen molar-refractivity contribution in [1.82, 2.24) is 5.32 Å². The van der Waals surface area contributed by atoms with E-state index in [1.807, 2.05) is 17.0 Å². The molecule has 1 aliphatic heterocycles. The van der Waals surface area contributed by atoms with Crippen molar-refractivity contribution in [3.05, 3.63) is 23.8 Å². The number of ether oxygens (including phenoxy) is 1. The van der Waals surface area contributed by atoms with Gasteiger partial charge in [0.25, 0.3) is 0 Å². The molecule has 4 heteroatoms. The largest absolute Gasteiger partial charge is 0.495 e. The van der Waals surface area contributed by atoms with Gasteiger partial charge in [-0.2, -0.15) is 0 Å². The topological polar surface area (TPSA) is 41.6 Å². The summed E-state index contributed by atoms with van der Waals surface area (Å²) < 4.78 is 5.44. The zero-order valence-electron chi connectivity index (χ0n) is 12.6. The van der Waals surface area contributed by atoms with Crippen LogP contribution in [0.2, 0.25) is 0 Å². The van der Waals surface area contributed by atoms with Crippen LogP contribution in [0, 0.1) is 0 Å². The van der Waals surface area contributed by atoms with Gasteiger partial charge in [0.15, 0.2) is 0 Å². The van der Waals surface area contributed by atoms with Gasteiger partial charge in [-0.3, -0.25) is 4.79 Å². The lowest BCUT2D eigenvalue weighted by atomic mass is 10.00. The predicted molar refractivity (Wildman–Crippen MR) is 81.4 cm³/mol. The molecule has 0 bridgehead atoms. The number of aryl methyl sites for hydroxylation is 1. The van der Waals surface area contributed by atoms with E-state index in [4.69, 9.17) is 4.74 Å². The van der Waals surface area contributed by atoms with E-state index in [-0.39, 0.29) is 11.9 Å². The molecule has 0 fully saturated rings. The highest BCUT2D eigenvalue weighted by Crippen LogP contribution is 2.36. The van der Waals surface area contributed by atoms with Crippen LogP contribution in [-0.4, -0.2) is 32.1 Å². The van der Waals surface area contributed by atoms with Crippen molar-refractivity contribution in [1.29, 1.82) is 0 Å². The molecule has 0 saturated carbocycles. The van der Waals surface area contributed by atoms with Crippen LogP contribution >= 0.6 is 0 Å². The minimum atomic E-state index is 0.170. The van der Waals surface area contributed by atoms with Crippen molar-refractivity contribution >= 4 is 11.6 Å². The normalized spacial score (nSPS) is 15.7. The number of carbonyl (C=O) groups is 1. The van der Waals surface area contributed by atoms with Crippen LogP contribution in [0.5, 0.6) is 5.75 Å². The fourth-order valence-corrected chi connectivity index (χ4v) is 2.82. The number of amides is 1. The van der Waals surface area contributed by atoms with Crippen LogP contribution in [-0.2, 0) is 11.2 Å². The van der Waals surface area contributed by atoms with E-state index < -0.39 is 0 Å². The molecule has 4 nitrogen and oxygen atoms in total. The standard InChI is InChI=1S/C16H24N2O2/c1-4-17-12(2)11-15(19)18-10-6-8-13-7-5-9-14(20-3)16(13)18/h5,7,9,12,17H,4,6,8,10-11H2,1-3H3. The monoisotopic (exact) mass is 276 g/mol. The van der Waals surface area contributed by atoms with Crippen molar-refractivity contribution < 1.29 is 9.53 Å². The quantitative estimate of drug-likeness (QED) is 0.897. The van der Waals surface area contributed by atoms with Gasteiger partial charge >= 0.3 is 0 Å². The summed E-state index contributed by atoms with van der Waals surface area (Å²) in [6.45, 7) is 5.77. The Balaban J connectivity index is 2.21. The number of fused-ring (bicyclic) bond motifs is 1. The smallest absolute Gasteiger partial charge is 0.228 e. The minimum absolute atomic E-state index is 0.170. The van der Waals surface area contributed by atoms with Gasteiger partial charge in [0.1, 0.15) is 5.75 Å². The highest BCUT2D eigenvalue weighted by molar-refractivity contribution is 5.96. The molecule has 1 N–H and O–H groups in total. The Morgan fingerprint density at radius 3 is 3.00 bits per heavy atom. The number of benzene rings is 1. The molecule has 20 heavy (non-hydrogen) atoms. The summed E-state index contributed by atoms with van der Waals surface area (Å²) >= 11 is 0. The third-order valence-corrected chi connectivity index (χ3v) is 3.73. The molecule has 1 unspecified atom stereocenters. The number of nitrogens with zero attached hydrogens (tertiary/aromatic N) is 1. The van der Waals surface area contributed by atoms with Crippen molar-refractivity contribution in [3.63, 3.8) is 0 Å². The molecule has 1 heterocycles. The third-order valence-electron chi connectivity index (χ3n) is 3.73. The lowest BCUT2D eigenvalue weighted by Crippen LogP contribution is -2.39. The highest BCUT2D eigenvalue weighted by Gasteiger charge is 2.26. The first-order valence-electron chi connectivity index (χ1n) is 7.37. The lowest BCUT2D eigenvalue weighted by Gasteiger charge is -2.31. The molecule has 0 aromatic heterocycles. The zero-order chi connectivity index (χ0) is 14.5. The first kappa shape index (κ1) is 14.9. The summed E-state index contributed by atoms with van der Waals surface area (Å²) in [5, 5.41) is 3.29. The first-order valence-corrected chi connectivity index (χ1v) is 7.37. The number of carbonyl (C=O) groups excluding carboxylic acids is 1. The van der Waals surface area contributed by atoms with Gasteiger partial charge in [-0.25, -0.2) is 0 Å². The molecule has 110 valence electrons. The number of anilines is 1. The van der Waals surface area contributed by atoms with Crippen molar-refractivity contribution in [3.8, 4) is 5.75 Å². The van der Waals surface area contributed by atoms with Crippen LogP contribution < -0.4 is 15.0 Å².